The van der Waals surface area contributed by atoms with Crippen LogP contribution in [0.3, 0.4) is 0 Å². The van der Waals surface area contributed by atoms with Gasteiger partial charge in [-0.3, -0.25) is 0 Å². The lowest BCUT2D eigenvalue weighted by Crippen LogP contribution is -1.96. The Labute approximate surface area is 92.5 Å². The van der Waals surface area contributed by atoms with Crippen LogP contribution >= 0.6 is 0 Å². The van der Waals surface area contributed by atoms with E-state index in [1.165, 1.54) is 24.0 Å². The van der Waals surface area contributed by atoms with Gasteiger partial charge in [-0.15, -0.1) is 0 Å². The van der Waals surface area contributed by atoms with Crippen LogP contribution in [0, 0.1) is 0 Å². The summed E-state index contributed by atoms with van der Waals surface area (Å²) in [5.41, 5.74) is 2.88. The van der Waals surface area contributed by atoms with Gasteiger partial charge in [0.05, 0.1) is 6.61 Å². The maximum atomic E-state index is 5.62. The molecule has 1 nitrogen and oxygen atoms in total. The highest BCUT2D eigenvalue weighted by molar-refractivity contribution is 5.39. The Kier molecular flexibility index (Phi) is 2.99. The van der Waals surface area contributed by atoms with Gasteiger partial charge in [0.1, 0.15) is 5.75 Å². The molecule has 15 heavy (non-hydrogen) atoms. The lowest BCUT2D eigenvalue weighted by atomic mass is 9.98. The molecule has 0 N–H and O–H groups in total. The van der Waals surface area contributed by atoms with E-state index in [-0.39, 0.29) is 0 Å². The minimum atomic E-state index is 0.586. The molecule has 1 aromatic carbocycles. The van der Waals surface area contributed by atoms with Crippen molar-refractivity contribution in [3.63, 3.8) is 0 Å². The van der Waals surface area contributed by atoms with E-state index in [1.807, 2.05) is 6.92 Å². The first-order chi connectivity index (χ1) is 7.20. The average Bonchev–Trinajstić information content (AvgIpc) is 3.01. The van der Waals surface area contributed by atoms with Crippen molar-refractivity contribution >= 4 is 0 Å². The summed E-state index contributed by atoms with van der Waals surface area (Å²) in [5.74, 6) is 2.44. The largest absolute Gasteiger partial charge is 0.494 e. The molecule has 1 aliphatic carbocycles. The minimum Gasteiger partial charge on any atom is -0.494 e. The third-order valence-corrected chi connectivity index (χ3v) is 2.98. The monoisotopic (exact) mass is 204 g/mol. The zero-order chi connectivity index (χ0) is 10.8. The van der Waals surface area contributed by atoms with Crippen molar-refractivity contribution < 1.29 is 4.74 Å². The number of rotatable bonds is 4. The van der Waals surface area contributed by atoms with E-state index >= 15 is 0 Å². The zero-order valence-electron chi connectivity index (χ0n) is 9.92. The van der Waals surface area contributed by atoms with E-state index in [2.05, 4.69) is 32.0 Å². The summed E-state index contributed by atoms with van der Waals surface area (Å²) in [6.07, 6.45) is 2.71. The summed E-state index contributed by atoms with van der Waals surface area (Å²) in [6.45, 7) is 7.27. The molecular weight excluding hydrogens is 184 g/mol. The highest BCUT2D eigenvalue weighted by atomic mass is 16.5. The van der Waals surface area contributed by atoms with E-state index in [0.29, 0.717) is 5.92 Å². The third kappa shape index (κ3) is 2.53. The zero-order valence-corrected chi connectivity index (χ0v) is 9.92. The molecule has 0 amide bonds. The summed E-state index contributed by atoms with van der Waals surface area (Å²) in [5, 5.41) is 0. The summed E-state index contributed by atoms with van der Waals surface area (Å²) >= 11 is 0. The first kappa shape index (κ1) is 10.5. The molecule has 0 heterocycles. The van der Waals surface area contributed by atoms with Crippen molar-refractivity contribution in [2.45, 2.75) is 45.4 Å². The van der Waals surface area contributed by atoms with Crippen LogP contribution in [0.2, 0.25) is 0 Å². The first-order valence-corrected chi connectivity index (χ1v) is 5.98. The van der Waals surface area contributed by atoms with Crippen molar-refractivity contribution in [3.05, 3.63) is 29.3 Å². The average molecular weight is 204 g/mol. The number of hydrogen-bond donors (Lipinski definition) is 0. The van der Waals surface area contributed by atoms with Crippen LogP contribution in [-0.4, -0.2) is 6.61 Å². The van der Waals surface area contributed by atoms with E-state index < -0.39 is 0 Å². The lowest BCUT2D eigenvalue weighted by molar-refractivity contribution is 0.339. The molecule has 1 fully saturated rings. The van der Waals surface area contributed by atoms with Crippen molar-refractivity contribution in [2.75, 3.05) is 6.61 Å². The van der Waals surface area contributed by atoms with Crippen molar-refractivity contribution in [1.82, 2.24) is 0 Å². The van der Waals surface area contributed by atoms with Gasteiger partial charge in [0, 0.05) is 0 Å². The number of hydrogen-bond acceptors (Lipinski definition) is 1. The molecule has 1 aliphatic rings. The van der Waals surface area contributed by atoms with E-state index in [9.17, 15) is 0 Å². The minimum absolute atomic E-state index is 0.586. The Morgan fingerprint density at radius 1 is 1.27 bits per heavy atom. The third-order valence-electron chi connectivity index (χ3n) is 2.98. The van der Waals surface area contributed by atoms with Gasteiger partial charge >= 0.3 is 0 Å². The van der Waals surface area contributed by atoms with Gasteiger partial charge in [0.25, 0.3) is 0 Å². The highest BCUT2D eigenvalue weighted by Crippen LogP contribution is 2.42. The molecule has 0 aromatic heterocycles. The maximum absolute atomic E-state index is 5.62. The molecule has 0 bridgehead atoms. The lowest BCUT2D eigenvalue weighted by Gasteiger charge is -2.12. The molecule has 2 rings (SSSR count). The fourth-order valence-electron chi connectivity index (χ4n) is 1.88. The van der Waals surface area contributed by atoms with Crippen LogP contribution < -0.4 is 4.74 Å². The molecule has 1 aromatic rings. The quantitative estimate of drug-likeness (QED) is 0.718. The van der Waals surface area contributed by atoms with Gasteiger partial charge in [-0.2, -0.15) is 0 Å². The van der Waals surface area contributed by atoms with Crippen LogP contribution in [0.1, 0.15) is 56.6 Å². The molecule has 82 valence electrons. The van der Waals surface area contributed by atoms with Gasteiger partial charge < -0.3 is 4.74 Å². The van der Waals surface area contributed by atoms with Crippen molar-refractivity contribution in [1.29, 1.82) is 0 Å². The van der Waals surface area contributed by atoms with Crippen LogP contribution in [0.25, 0.3) is 0 Å². The van der Waals surface area contributed by atoms with E-state index in [0.717, 1.165) is 18.3 Å². The smallest absolute Gasteiger partial charge is 0.119 e. The van der Waals surface area contributed by atoms with Gasteiger partial charge in [0.15, 0.2) is 0 Å². The fraction of sp³-hybridized carbons (Fsp3) is 0.571. The topological polar surface area (TPSA) is 9.23 Å². The second-order valence-corrected chi connectivity index (χ2v) is 4.70. The van der Waals surface area contributed by atoms with Crippen LogP contribution in [-0.2, 0) is 0 Å². The Morgan fingerprint density at radius 3 is 2.53 bits per heavy atom. The highest BCUT2D eigenvalue weighted by Gasteiger charge is 2.24. The molecule has 0 radical (unpaired) electrons. The molecule has 0 unspecified atom stereocenters. The predicted molar refractivity (Wildman–Crippen MR) is 63.7 cm³/mol. The Balaban J connectivity index is 2.30. The molecular formula is C14H20O. The molecule has 0 saturated heterocycles. The second kappa shape index (κ2) is 4.26. The van der Waals surface area contributed by atoms with E-state index in [1.54, 1.807) is 0 Å². The maximum Gasteiger partial charge on any atom is 0.119 e. The summed E-state index contributed by atoms with van der Waals surface area (Å²) in [7, 11) is 0. The molecule has 1 saturated carbocycles. The Morgan fingerprint density at radius 2 is 2.00 bits per heavy atom. The van der Waals surface area contributed by atoms with Gasteiger partial charge in [0.2, 0.25) is 0 Å². The van der Waals surface area contributed by atoms with Crippen molar-refractivity contribution in [2.24, 2.45) is 0 Å². The van der Waals surface area contributed by atoms with E-state index in [4.69, 9.17) is 4.74 Å². The summed E-state index contributed by atoms with van der Waals surface area (Å²) < 4.78 is 5.62. The number of benzene rings is 1. The summed E-state index contributed by atoms with van der Waals surface area (Å²) in [4.78, 5) is 0. The molecule has 1 heteroatoms. The van der Waals surface area contributed by atoms with Gasteiger partial charge in [-0.05, 0) is 54.9 Å². The fourth-order valence-corrected chi connectivity index (χ4v) is 1.88. The summed E-state index contributed by atoms with van der Waals surface area (Å²) in [6, 6.07) is 6.75. The van der Waals surface area contributed by atoms with Crippen LogP contribution in [0.15, 0.2) is 18.2 Å². The SMILES string of the molecule is CCOc1cc(C(C)C)cc(C2CC2)c1. The number of ether oxygens (including phenoxy) is 1. The Bertz CT molecular complexity index is 317. The van der Waals surface area contributed by atoms with Gasteiger partial charge in [-0.25, -0.2) is 0 Å². The van der Waals surface area contributed by atoms with Crippen molar-refractivity contribution in [3.8, 4) is 5.75 Å². The molecule has 0 atom stereocenters. The van der Waals surface area contributed by atoms with Gasteiger partial charge in [-0.1, -0.05) is 19.9 Å². The predicted octanol–water partition coefficient (Wildman–Crippen LogP) is 4.09. The molecule has 0 aliphatic heterocycles. The standard InChI is InChI=1S/C14H20O/c1-4-15-14-8-12(10(2)3)7-13(9-14)11-5-6-11/h7-11H,4-6H2,1-3H3. The first-order valence-electron chi connectivity index (χ1n) is 5.98. The van der Waals surface area contributed by atoms with Crippen LogP contribution in [0.5, 0.6) is 5.75 Å². The second-order valence-electron chi connectivity index (χ2n) is 4.70. The normalized spacial score (nSPS) is 15.7. The van der Waals surface area contributed by atoms with Crippen LogP contribution in [0.4, 0.5) is 0 Å². The molecule has 0 spiro atoms. The Hall–Kier alpha value is -0.980.